The molecule has 1 radical (unpaired) electrons. The van der Waals surface area contributed by atoms with E-state index in [9.17, 15) is 0 Å². The Balaban J connectivity index is 1.90. The largest absolute Gasteiger partial charge is 0.382 e. The van der Waals surface area contributed by atoms with Crippen molar-refractivity contribution in [2.45, 2.75) is 45.1 Å². The summed E-state index contributed by atoms with van der Waals surface area (Å²) in [5.74, 6) is 0. The van der Waals surface area contributed by atoms with Gasteiger partial charge in [0.1, 0.15) is 0 Å². The Morgan fingerprint density at radius 3 is 2.94 bits per heavy atom. The van der Waals surface area contributed by atoms with Gasteiger partial charge in [0, 0.05) is 17.8 Å². The summed E-state index contributed by atoms with van der Waals surface area (Å²) in [4.78, 5) is 0. The highest BCUT2D eigenvalue weighted by Gasteiger charge is 2.12. The van der Waals surface area contributed by atoms with Crippen molar-refractivity contribution < 1.29 is 0 Å². The van der Waals surface area contributed by atoms with Gasteiger partial charge in [-0.05, 0) is 50.4 Å². The smallest absolute Gasteiger partial charge is 0.0425 e. The van der Waals surface area contributed by atoms with Crippen LogP contribution in [-0.2, 0) is 6.42 Å². The molecule has 17 heavy (non-hydrogen) atoms. The summed E-state index contributed by atoms with van der Waals surface area (Å²) in [6.45, 7) is 4.50. The van der Waals surface area contributed by atoms with Crippen LogP contribution in [-0.4, -0.2) is 19.1 Å². The standard InChI is InChI=1S/C15H23N2/c1-2-3-5-13-6-4-7-15(12-13)17-14-8-10-16-11-9-14/h4,6-7,14,16-17H,2-3,5,8-11H2,1H3. The first-order chi connectivity index (χ1) is 8.38. The van der Waals surface area contributed by atoms with Crippen molar-refractivity contribution in [1.29, 1.82) is 0 Å². The van der Waals surface area contributed by atoms with Crippen LogP contribution in [0.5, 0.6) is 0 Å². The van der Waals surface area contributed by atoms with Gasteiger partial charge in [0.25, 0.3) is 0 Å². The molecule has 0 aromatic heterocycles. The number of hydrogen-bond acceptors (Lipinski definition) is 2. The van der Waals surface area contributed by atoms with Crippen LogP contribution < -0.4 is 10.6 Å². The Kier molecular flexibility index (Phi) is 4.87. The van der Waals surface area contributed by atoms with Gasteiger partial charge in [-0.2, -0.15) is 0 Å². The SMILES string of the molecule is CCCCc1[c]c(NC2CCNCC2)ccc1. The highest BCUT2D eigenvalue weighted by atomic mass is 15.0. The summed E-state index contributed by atoms with van der Waals surface area (Å²) in [5.41, 5.74) is 2.51. The van der Waals surface area contributed by atoms with E-state index in [0.29, 0.717) is 6.04 Å². The molecule has 0 saturated carbocycles. The fourth-order valence-corrected chi connectivity index (χ4v) is 2.30. The van der Waals surface area contributed by atoms with Gasteiger partial charge in [0.15, 0.2) is 0 Å². The molecule has 1 aromatic rings. The van der Waals surface area contributed by atoms with Crippen molar-refractivity contribution in [2.24, 2.45) is 0 Å². The van der Waals surface area contributed by atoms with E-state index in [1.54, 1.807) is 0 Å². The van der Waals surface area contributed by atoms with Crippen molar-refractivity contribution in [3.8, 4) is 0 Å². The maximum absolute atomic E-state index is 3.60. The van der Waals surface area contributed by atoms with Crippen molar-refractivity contribution in [3.63, 3.8) is 0 Å². The molecule has 1 heterocycles. The second-order valence-corrected chi connectivity index (χ2v) is 4.86. The molecule has 93 valence electrons. The molecule has 1 aliphatic rings. The average Bonchev–Trinajstić information content (AvgIpc) is 2.38. The normalized spacial score (nSPS) is 17.0. The van der Waals surface area contributed by atoms with E-state index < -0.39 is 0 Å². The number of nitrogens with one attached hydrogen (secondary N) is 2. The van der Waals surface area contributed by atoms with Gasteiger partial charge < -0.3 is 10.6 Å². The average molecular weight is 231 g/mol. The number of benzene rings is 1. The summed E-state index contributed by atoms with van der Waals surface area (Å²) in [7, 11) is 0. The molecule has 0 aliphatic carbocycles. The van der Waals surface area contributed by atoms with E-state index in [4.69, 9.17) is 0 Å². The van der Waals surface area contributed by atoms with Gasteiger partial charge in [-0.15, -0.1) is 0 Å². The third kappa shape index (κ3) is 4.04. The van der Waals surface area contributed by atoms with Crippen LogP contribution in [0.15, 0.2) is 18.2 Å². The molecule has 0 bridgehead atoms. The molecular weight excluding hydrogens is 208 g/mol. The predicted molar refractivity (Wildman–Crippen MR) is 73.4 cm³/mol. The van der Waals surface area contributed by atoms with Crippen LogP contribution in [0.2, 0.25) is 0 Å². The Morgan fingerprint density at radius 2 is 2.18 bits per heavy atom. The summed E-state index contributed by atoms with van der Waals surface area (Å²) in [6.07, 6.45) is 6.09. The number of hydrogen-bond donors (Lipinski definition) is 2. The second kappa shape index (κ2) is 6.65. The van der Waals surface area contributed by atoms with Gasteiger partial charge in [0.05, 0.1) is 0 Å². The van der Waals surface area contributed by atoms with Gasteiger partial charge in [-0.1, -0.05) is 25.5 Å². The van der Waals surface area contributed by atoms with Gasteiger partial charge >= 0.3 is 0 Å². The summed E-state index contributed by atoms with van der Waals surface area (Å²) >= 11 is 0. The zero-order valence-corrected chi connectivity index (χ0v) is 10.8. The van der Waals surface area contributed by atoms with Gasteiger partial charge in [-0.25, -0.2) is 0 Å². The van der Waals surface area contributed by atoms with Crippen LogP contribution in [0.3, 0.4) is 0 Å². The first-order valence-corrected chi connectivity index (χ1v) is 6.87. The molecule has 2 heteroatoms. The first kappa shape index (κ1) is 12.4. The Hall–Kier alpha value is -1.02. The van der Waals surface area contributed by atoms with Crippen molar-refractivity contribution in [2.75, 3.05) is 18.4 Å². The van der Waals surface area contributed by atoms with Crippen molar-refractivity contribution >= 4 is 5.69 Å². The third-order valence-electron chi connectivity index (χ3n) is 3.35. The van der Waals surface area contributed by atoms with Gasteiger partial charge in [0.2, 0.25) is 0 Å². The molecule has 2 rings (SSSR count). The minimum absolute atomic E-state index is 0.619. The molecule has 0 unspecified atom stereocenters. The molecule has 1 saturated heterocycles. The van der Waals surface area contributed by atoms with E-state index in [1.807, 2.05) is 0 Å². The van der Waals surface area contributed by atoms with E-state index in [1.165, 1.54) is 36.9 Å². The molecule has 2 N–H and O–H groups in total. The Labute approximate surface area is 105 Å². The molecule has 1 aliphatic heterocycles. The lowest BCUT2D eigenvalue weighted by Gasteiger charge is -2.24. The molecule has 0 amide bonds. The van der Waals surface area contributed by atoms with Crippen LogP contribution in [0.25, 0.3) is 0 Å². The Morgan fingerprint density at radius 1 is 1.35 bits per heavy atom. The topological polar surface area (TPSA) is 24.1 Å². The molecular formula is C15H23N2. The molecule has 1 fully saturated rings. The lowest BCUT2D eigenvalue weighted by molar-refractivity contribution is 0.479. The van der Waals surface area contributed by atoms with Crippen LogP contribution in [0, 0.1) is 6.07 Å². The minimum atomic E-state index is 0.619. The first-order valence-electron chi connectivity index (χ1n) is 6.87. The summed E-state index contributed by atoms with van der Waals surface area (Å²) in [5, 5.41) is 6.99. The lowest BCUT2D eigenvalue weighted by Crippen LogP contribution is -2.35. The lowest BCUT2D eigenvalue weighted by atomic mass is 10.0. The number of anilines is 1. The maximum Gasteiger partial charge on any atom is 0.0425 e. The maximum atomic E-state index is 3.60. The second-order valence-electron chi connectivity index (χ2n) is 4.86. The summed E-state index contributed by atoms with van der Waals surface area (Å²) in [6, 6.07) is 10.6. The quantitative estimate of drug-likeness (QED) is 0.814. The zero-order chi connectivity index (χ0) is 11.9. The highest BCUT2D eigenvalue weighted by Crippen LogP contribution is 2.15. The minimum Gasteiger partial charge on any atom is -0.382 e. The highest BCUT2D eigenvalue weighted by molar-refractivity contribution is 5.45. The Bertz CT molecular complexity index is 329. The monoisotopic (exact) mass is 231 g/mol. The van der Waals surface area contributed by atoms with Crippen molar-refractivity contribution in [1.82, 2.24) is 5.32 Å². The van der Waals surface area contributed by atoms with Crippen molar-refractivity contribution in [3.05, 3.63) is 29.8 Å². The molecule has 0 atom stereocenters. The number of aryl methyl sites for hydroxylation is 1. The fourth-order valence-electron chi connectivity index (χ4n) is 2.30. The number of piperidine rings is 1. The summed E-state index contributed by atoms with van der Waals surface area (Å²) < 4.78 is 0. The van der Waals surface area contributed by atoms with E-state index in [-0.39, 0.29) is 0 Å². The van der Waals surface area contributed by atoms with E-state index >= 15 is 0 Å². The van der Waals surface area contributed by atoms with Crippen LogP contribution in [0.4, 0.5) is 5.69 Å². The number of rotatable bonds is 5. The molecule has 1 aromatic carbocycles. The molecule has 0 spiro atoms. The molecule has 2 nitrogen and oxygen atoms in total. The number of unbranched alkanes of at least 4 members (excludes halogenated alkanes) is 1. The third-order valence-corrected chi connectivity index (χ3v) is 3.35. The van der Waals surface area contributed by atoms with E-state index in [0.717, 1.165) is 19.5 Å². The van der Waals surface area contributed by atoms with Crippen LogP contribution >= 0.6 is 0 Å². The van der Waals surface area contributed by atoms with Crippen LogP contribution in [0.1, 0.15) is 38.2 Å². The van der Waals surface area contributed by atoms with E-state index in [2.05, 4.69) is 41.8 Å². The fraction of sp³-hybridized carbons (Fsp3) is 0.600. The predicted octanol–water partition coefficient (Wildman–Crippen LogP) is 2.99. The van der Waals surface area contributed by atoms with Gasteiger partial charge in [-0.3, -0.25) is 0 Å². The zero-order valence-electron chi connectivity index (χ0n) is 10.8.